The average Bonchev–Trinajstić information content (AvgIpc) is 2.78. The number of aromatic nitrogens is 2. The monoisotopic (exact) mass is 421 g/mol. The molecule has 0 aliphatic carbocycles. The summed E-state index contributed by atoms with van der Waals surface area (Å²) in [6.07, 6.45) is 1.30. The van der Waals surface area contributed by atoms with Gasteiger partial charge in [-0.2, -0.15) is 0 Å². The second kappa shape index (κ2) is 8.36. The van der Waals surface area contributed by atoms with Gasteiger partial charge >= 0.3 is 0 Å². The van der Waals surface area contributed by atoms with Crippen molar-refractivity contribution in [1.29, 1.82) is 0 Å². The lowest BCUT2D eigenvalue weighted by atomic mass is 9.88. The highest BCUT2D eigenvalue weighted by atomic mass is 32.1. The molecule has 1 N–H and O–H groups in total. The number of hydrogen-bond acceptors (Lipinski definition) is 4. The SMILES string of the molecule is CCn1c(=S)[nH]c2cc(C(=O)N3CCC(C(=O)c4ccccc4)CC3)ccc2c1=O. The molecule has 4 rings (SSSR count). The first-order valence-electron chi connectivity index (χ1n) is 10.1. The molecule has 1 fully saturated rings. The summed E-state index contributed by atoms with van der Waals surface area (Å²) in [6.45, 7) is 3.42. The zero-order chi connectivity index (χ0) is 21.3. The molecule has 6 nitrogen and oxygen atoms in total. The molecule has 2 heterocycles. The Hall–Kier alpha value is -3.06. The number of nitrogens with one attached hydrogen (secondary N) is 1. The highest BCUT2D eigenvalue weighted by Crippen LogP contribution is 2.23. The van der Waals surface area contributed by atoms with E-state index in [-0.39, 0.29) is 23.2 Å². The quantitative estimate of drug-likeness (QED) is 0.513. The minimum absolute atomic E-state index is 0.0586. The maximum absolute atomic E-state index is 13.0. The number of carbonyl (C=O) groups is 2. The lowest BCUT2D eigenvalue weighted by Gasteiger charge is -2.31. The van der Waals surface area contributed by atoms with E-state index < -0.39 is 0 Å². The molecule has 0 radical (unpaired) electrons. The number of amides is 1. The van der Waals surface area contributed by atoms with Gasteiger partial charge in [0.05, 0.1) is 10.9 Å². The van der Waals surface area contributed by atoms with Crippen LogP contribution in [0.3, 0.4) is 0 Å². The Kier molecular flexibility index (Phi) is 5.63. The molecule has 0 bridgehead atoms. The molecule has 1 aliphatic rings. The molecule has 1 aromatic heterocycles. The molecule has 1 saturated heterocycles. The van der Waals surface area contributed by atoms with Crippen molar-refractivity contribution in [3.05, 3.63) is 74.8 Å². The highest BCUT2D eigenvalue weighted by molar-refractivity contribution is 7.71. The van der Waals surface area contributed by atoms with E-state index in [0.717, 1.165) is 5.56 Å². The van der Waals surface area contributed by atoms with Crippen LogP contribution < -0.4 is 5.56 Å². The predicted molar refractivity (Wildman–Crippen MR) is 118 cm³/mol. The smallest absolute Gasteiger partial charge is 0.262 e. The Bertz CT molecular complexity index is 1220. The second-order valence-electron chi connectivity index (χ2n) is 7.54. The van der Waals surface area contributed by atoms with Crippen LogP contribution in [0.1, 0.15) is 40.5 Å². The van der Waals surface area contributed by atoms with Gasteiger partial charge in [0.15, 0.2) is 10.6 Å². The summed E-state index contributed by atoms with van der Waals surface area (Å²) < 4.78 is 1.84. The Labute approximate surface area is 179 Å². The molecule has 1 amide bonds. The van der Waals surface area contributed by atoms with Crippen LogP contribution >= 0.6 is 12.2 Å². The van der Waals surface area contributed by atoms with Crippen molar-refractivity contribution in [3.63, 3.8) is 0 Å². The van der Waals surface area contributed by atoms with E-state index in [1.165, 1.54) is 4.57 Å². The standard InChI is InChI=1S/C23H23N3O3S/c1-2-26-22(29)18-9-8-17(14-19(18)24-23(26)30)21(28)25-12-10-16(11-13-25)20(27)15-6-4-3-5-7-15/h3-9,14,16H,2,10-13H2,1H3,(H,24,30). The summed E-state index contributed by atoms with van der Waals surface area (Å²) >= 11 is 5.26. The number of piperidine rings is 1. The zero-order valence-corrected chi connectivity index (χ0v) is 17.6. The highest BCUT2D eigenvalue weighted by Gasteiger charge is 2.28. The molecule has 30 heavy (non-hydrogen) atoms. The number of fused-ring (bicyclic) bond motifs is 1. The van der Waals surface area contributed by atoms with Gasteiger partial charge in [-0.05, 0) is 50.2 Å². The lowest BCUT2D eigenvalue weighted by Crippen LogP contribution is -2.40. The van der Waals surface area contributed by atoms with Crippen molar-refractivity contribution in [1.82, 2.24) is 14.5 Å². The minimum Gasteiger partial charge on any atom is -0.339 e. The average molecular weight is 422 g/mol. The molecule has 1 aliphatic heterocycles. The lowest BCUT2D eigenvalue weighted by molar-refractivity contribution is 0.0650. The van der Waals surface area contributed by atoms with Gasteiger partial charge in [0.25, 0.3) is 11.5 Å². The first-order valence-corrected chi connectivity index (χ1v) is 10.6. The fraction of sp³-hybridized carbons (Fsp3) is 0.304. The van der Waals surface area contributed by atoms with Gasteiger partial charge in [0, 0.05) is 36.7 Å². The van der Waals surface area contributed by atoms with E-state index in [0.29, 0.717) is 53.7 Å². The number of nitrogens with zero attached hydrogens (tertiary/aromatic N) is 2. The van der Waals surface area contributed by atoms with E-state index >= 15 is 0 Å². The number of aromatic amines is 1. The first kappa shape index (κ1) is 20.2. The Morgan fingerprint density at radius 3 is 2.43 bits per heavy atom. The number of ketones is 1. The largest absolute Gasteiger partial charge is 0.339 e. The molecule has 0 unspecified atom stereocenters. The summed E-state index contributed by atoms with van der Waals surface area (Å²) in [7, 11) is 0. The van der Waals surface area contributed by atoms with Gasteiger partial charge in [0.2, 0.25) is 0 Å². The van der Waals surface area contributed by atoms with Crippen molar-refractivity contribution < 1.29 is 9.59 Å². The molecule has 7 heteroatoms. The van der Waals surface area contributed by atoms with Crippen LogP contribution in [0.4, 0.5) is 0 Å². The molecular formula is C23H23N3O3S. The number of likely N-dealkylation sites (tertiary alicyclic amines) is 1. The number of H-pyrrole nitrogens is 1. The fourth-order valence-electron chi connectivity index (χ4n) is 4.04. The van der Waals surface area contributed by atoms with Crippen molar-refractivity contribution in [2.45, 2.75) is 26.3 Å². The molecule has 0 saturated carbocycles. The van der Waals surface area contributed by atoms with Crippen molar-refractivity contribution in [3.8, 4) is 0 Å². The fourth-order valence-corrected chi connectivity index (χ4v) is 4.36. The maximum atomic E-state index is 13.0. The van der Waals surface area contributed by atoms with Crippen LogP contribution in [0.2, 0.25) is 0 Å². The third kappa shape index (κ3) is 3.73. The minimum atomic E-state index is -0.157. The van der Waals surface area contributed by atoms with Crippen LogP contribution in [0.5, 0.6) is 0 Å². The van der Waals surface area contributed by atoms with Crippen LogP contribution in [0.15, 0.2) is 53.3 Å². The Balaban J connectivity index is 1.50. The van der Waals surface area contributed by atoms with Crippen molar-refractivity contribution >= 4 is 34.8 Å². The van der Waals surface area contributed by atoms with E-state index in [9.17, 15) is 14.4 Å². The zero-order valence-electron chi connectivity index (χ0n) is 16.8. The van der Waals surface area contributed by atoms with Gasteiger partial charge in [-0.3, -0.25) is 19.0 Å². The van der Waals surface area contributed by atoms with Crippen LogP contribution in [0.25, 0.3) is 10.9 Å². The molecule has 154 valence electrons. The van der Waals surface area contributed by atoms with Gasteiger partial charge in [-0.25, -0.2) is 0 Å². The second-order valence-corrected chi connectivity index (χ2v) is 7.92. The summed E-state index contributed by atoms with van der Waals surface area (Å²) in [5, 5.41) is 0.508. The summed E-state index contributed by atoms with van der Waals surface area (Å²) in [5.41, 5.74) is 1.64. The van der Waals surface area contributed by atoms with E-state index in [4.69, 9.17) is 12.2 Å². The molecular weight excluding hydrogens is 398 g/mol. The third-order valence-corrected chi connectivity index (χ3v) is 6.08. The summed E-state index contributed by atoms with van der Waals surface area (Å²) in [6, 6.07) is 14.4. The normalized spacial score (nSPS) is 14.8. The number of hydrogen-bond donors (Lipinski definition) is 1. The summed E-state index contributed by atoms with van der Waals surface area (Å²) in [4.78, 5) is 43.0. The van der Waals surface area contributed by atoms with E-state index in [1.54, 1.807) is 23.1 Å². The van der Waals surface area contributed by atoms with Crippen LogP contribution in [0, 0.1) is 10.7 Å². The molecule has 0 atom stereocenters. The van der Waals surface area contributed by atoms with Gasteiger partial charge in [0.1, 0.15) is 0 Å². The predicted octanol–water partition coefficient (Wildman–Crippen LogP) is 3.81. The number of benzene rings is 2. The Morgan fingerprint density at radius 2 is 1.77 bits per heavy atom. The van der Waals surface area contributed by atoms with Crippen LogP contribution in [-0.2, 0) is 6.54 Å². The van der Waals surface area contributed by atoms with Gasteiger partial charge < -0.3 is 9.88 Å². The maximum Gasteiger partial charge on any atom is 0.262 e. The topological polar surface area (TPSA) is 75.2 Å². The molecule has 3 aromatic rings. The Morgan fingerprint density at radius 1 is 1.07 bits per heavy atom. The third-order valence-electron chi connectivity index (χ3n) is 5.76. The number of Topliss-reactive ketones (excluding diaryl/α,β-unsaturated/α-hetero) is 1. The van der Waals surface area contributed by atoms with Crippen molar-refractivity contribution in [2.75, 3.05) is 13.1 Å². The van der Waals surface area contributed by atoms with E-state index in [2.05, 4.69) is 4.98 Å². The number of carbonyl (C=O) groups excluding carboxylic acids is 2. The first-order chi connectivity index (χ1) is 14.5. The number of rotatable bonds is 4. The van der Waals surface area contributed by atoms with Gasteiger partial charge in [-0.1, -0.05) is 30.3 Å². The van der Waals surface area contributed by atoms with Gasteiger partial charge in [-0.15, -0.1) is 0 Å². The van der Waals surface area contributed by atoms with Crippen LogP contribution in [-0.4, -0.2) is 39.2 Å². The summed E-state index contributed by atoms with van der Waals surface area (Å²) in [5.74, 6) is -0.00801. The molecule has 2 aromatic carbocycles. The van der Waals surface area contributed by atoms with Crippen molar-refractivity contribution in [2.24, 2.45) is 5.92 Å². The molecule has 0 spiro atoms. The van der Waals surface area contributed by atoms with E-state index in [1.807, 2.05) is 37.3 Å².